The largest absolute Gasteiger partial charge is 0.397 e. The number of nitriles is 1. The van der Waals surface area contributed by atoms with Gasteiger partial charge in [-0.1, -0.05) is 0 Å². The Bertz CT molecular complexity index is 468. The fourth-order valence-electron chi connectivity index (χ4n) is 1.94. The van der Waals surface area contributed by atoms with E-state index < -0.39 is 0 Å². The lowest BCUT2D eigenvalue weighted by atomic mass is 9.94. The molecular weight excluding hydrogens is 216 g/mol. The monoisotopic (exact) mass is 232 g/mol. The summed E-state index contributed by atoms with van der Waals surface area (Å²) in [6.07, 6.45) is 2.53. The Morgan fingerprint density at radius 2 is 2.47 bits per heavy atom. The molecule has 2 rings (SSSR count). The average Bonchev–Trinajstić information content (AvgIpc) is 2.62. The molecule has 1 aliphatic heterocycles. The summed E-state index contributed by atoms with van der Waals surface area (Å²) in [6.45, 7) is 4.81. The molecule has 0 amide bonds. The van der Waals surface area contributed by atoms with E-state index in [1.54, 1.807) is 12.3 Å². The number of anilines is 2. The lowest BCUT2D eigenvalue weighted by Gasteiger charge is -2.29. The van der Waals surface area contributed by atoms with Crippen LogP contribution in [-0.2, 0) is 4.74 Å². The van der Waals surface area contributed by atoms with Crippen molar-refractivity contribution in [3.05, 3.63) is 17.8 Å². The van der Waals surface area contributed by atoms with Gasteiger partial charge in [0.25, 0.3) is 0 Å². The molecule has 1 saturated heterocycles. The zero-order valence-electron chi connectivity index (χ0n) is 10.0. The van der Waals surface area contributed by atoms with Crippen LogP contribution in [0, 0.1) is 11.3 Å². The van der Waals surface area contributed by atoms with E-state index in [4.69, 9.17) is 15.7 Å². The highest BCUT2D eigenvalue weighted by Gasteiger charge is 2.37. The molecule has 3 N–H and O–H groups in total. The quantitative estimate of drug-likeness (QED) is 0.807. The zero-order chi connectivity index (χ0) is 12.5. The summed E-state index contributed by atoms with van der Waals surface area (Å²) in [4.78, 5) is 4.18. The van der Waals surface area contributed by atoms with Crippen molar-refractivity contribution in [1.82, 2.24) is 4.98 Å². The van der Waals surface area contributed by atoms with Gasteiger partial charge < -0.3 is 15.8 Å². The van der Waals surface area contributed by atoms with Crippen molar-refractivity contribution in [2.24, 2.45) is 0 Å². The number of nitrogens with one attached hydrogen (secondary N) is 1. The zero-order valence-corrected chi connectivity index (χ0v) is 10.0. The molecular formula is C12H16N4O. The molecule has 0 radical (unpaired) electrons. The number of hydrogen-bond acceptors (Lipinski definition) is 5. The third-order valence-corrected chi connectivity index (χ3v) is 3.32. The predicted molar refractivity (Wildman–Crippen MR) is 65.4 cm³/mol. The average molecular weight is 232 g/mol. The van der Waals surface area contributed by atoms with E-state index in [1.807, 2.05) is 6.92 Å². The van der Waals surface area contributed by atoms with Crippen molar-refractivity contribution in [1.29, 1.82) is 5.26 Å². The minimum atomic E-state index is -0.186. The van der Waals surface area contributed by atoms with Crippen LogP contribution in [-0.4, -0.2) is 23.2 Å². The van der Waals surface area contributed by atoms with Crippen molar-refractivity contribution in [2.75, 3.05) is 17.7 Å². The highest BCUT2D eigenvalue weighted by atomic mass is 16.5. The van der Waals surface area contributed by atoms with Crippen molar-refractivity contribution in [2.45, 2.75) is 31.9 Å². The van der Waals surface area contributed by atoms with Crippen LogP contribution in [0.1, 0.15) is 25.8 Å². The van der Waals surface area contributed by atoms with Crippen molar-refractivity contribution < 1.29 is 4.74 Å². The van der Waals surface area contributed by atoms with E-state index in [-0.39, 0.29) is 11.6 Å². The van der Waals surface area contributed by atoms with E-state index in [2.05, 4.69) is 23.3 Å². The van der Waals surface area contributed by atoms with Crippen LogP contribution in [0.5, 0.6) is 0 Å². The molecule has 1 fully saturated rings. The third-order valence-electron chi connectivity index (χ3n) is 3.32. The Balaban J connectivity index is 2.27. The number of ether oxygens (including phenoxy) is 1. The fourth-order valence-corrected chi connectivity index (χ4v) is 1.94. The minimum absolute atomic E-state index is 0.0911. The molecule has 1 aromatic rings. The van der Waals surface area contributed by atoms with Gasteiger partial charge >= 0.3 is 0 Å². The maximum absolute atomic E-state index is 9.05. The minimum Gasteiger partial charge on any atom is -0.397 e. The van der Waals surface area contributed by atoms with E-state index in [0.29, 0.717) is 17.1 Å². The summed E-state index contributed by atoms with van der Waals surface area (Å²) in [6, 6.07) is 3.72. The molecule has 1 aliphatic rings. The number of aromatic nitrogens is 1. The summed E-state index contributed by atoms with van der Waals surface area (Å²) in [5.41, 5.74) is 6.38. The van der Waals surface area contributed by atoms with Gasteiger partial charge in [0.1, 0.15) is 11.9 Å². The topological polar surface area (TPSA) is 84.0 Å². The smallest absolute Gasteiger partial charge is 0.144 e. The van der Waals surface area contributed by atoms with E-state index in [0.717, 1.165) is 13.0 Å². The molecule has 1 aromatic heterocycles. The van der Waals surface area contributed by atoms with Crippen LogP contribution < -0.4 is 11.1 Å². The van der Waals surface area contributed by atoms with Crippen molar-refractivity contribution in [3.8, 4) is 6.07 Å². The first-order valence-corrected chi connectivity index (χ1v) is 5.60. The molecule has 0 saturated carbocycles. The highest BCUT2D eigenvalue weighted by molar-refractivity contribution is 5.58. The number of nitrogens with zero attached hydrogens (tertiary/aromatic N) is 2. The molecule has 0 bridgehead atoms. The van der Waals surface area contributed by atoms with Crippen LogP contribution in [0.2, 0.25) is 0 Å². The molecule has 90 valence electrons. The second-order valence-corrected chi connectivity index (χ2v) is 4.58. The number of nitrogens with two attached hydrogens (primary N) is 1. The summed E-state index contributed by atoms with van der Waals surface area (Å²) in [5, 5.41) is 12.3. The van der Waals surface area contributed by atoms with Gasteiger partial charge in [0.05, 0.1) is 29.1 Å². The third kappa shape index (κ3) is 2.17. The summed E-state index contributed by atoms with van der Waals surface area (Å²) in [7, 11) is 0. The standard InChI is InChI=1S/C12H16N4O/c1-8-12(2,3-4-17-8)16-11-9(6-13)5-10(14)7-15-11/h5,7-8H,3-4,14H2,1-2H3,(H,15,16). The second kappa shape index (κ2) is 4.22. The van der Waals surface area contributed by atoms with E-state index in [9.17, 15) is 0 Å². The number of pyridine rings is 1. The summed E-state index contributed by atoms with van der Waals surface area (Å²) < 4.78 is 5.54. The molecule has 5 heteroatoms. The maximum Gasteiger partial charge on any atom is 0.144 e. The van der Waals surface area contributed by atoms with Crippen LogP contribution in [0.3, 0.4) is 0 Å². The van der Waals surface area contributed by atoms with Crippen LogP contribution in [0.4, 0.5) is 11.5 Å². The Labute approximate surface area is 101 Å². The van der Waals surface area contributed by atoms with Gasteiger partial charge in [0, 0.05) is 6.61 Å². The summed E-state index contributed by atoms with van der Waals surface area (Å²) in [5.74, 6) is 0.571. The lowest BCUT2D eigenvalue weighted by Crippen LogP contribution is -2.41. The van der Waals surface area contributed by atoms with E-state index in [1.165, 1.54) is 0 Å². The second-order valence-electron chi connectivity index (χ2n) is 4.58. The first kappa shape index (κ1) is 11.7. The normalized spacial score (nSPS) is 27.7. The van der Waals surface area contributed by atoms with Gasteiger partial charge in [-0.3, -0.25) is 0 Å². The predicted octanol–water partition coefficient (Wildman–Crippen LogP) is 1.51. The molecule has 17 heavy (non-hydrogen) atoms. The molecule has 2 heterocycles. The molecule has 0 aromatic carbocycles. The first-order valence-electron chi connectivity index (χ1n) is 5.60. The fraction of sp³-hybridized carbons (Fsp3) is 0.500. The maximum atomic E-state index is 9.05. The molecule has 2 atom stereocenters. The van der Waals surface area contributed by atoms with Crippen LogP contribution in [0.25, 0.3) is 0 Å². The van der Waals surface area contributed by atoms with Crippen molar-refractivity contribution in [3.63, 3.8) is 0 Å². The van der Waals surface area contributed by atoms with Crippen LogP contribution in [0.15, 0.2) is 12.3 Å². The van der Waals surface area contributed by atoms with Gasteiger partial charge in [-0.15, -0.1) is 0 Å². The summed E-state index contributed by atoms with van der Waals surface area (Å²) >= 11 is 0. The molecule has 2 unspecified atom stereocenters. The van der Waals surface area contributed by atoms with Gasteiger partial charge in [0.2, 0.25) is 0 Å². The Morgan fingerprint density at radius 1 is 1.71 bits per heavy atom. The van der Waals surface area contributed by atoms with Gasteiger partial charge in [-0.25, -0.2) is 4.98 Å². The molecule has 0 spiro atoms. The van der Waals surface area contributed by atoms with Crippen molar-refractivity contribution >= 4 is 11.5 Å². The van der Waals surface area contributed by atoms with Gasteiger partial charge in [-0.05, 0) is 26.3 Å². The van der Waals surface area contributed by atoms with Crippen LogP contribution >= 0.6 is 0 Å². The lowest BCUT2D eigenvalue weighted by molar-refractivity contribution is 0.105. The number of nitrogen functional groups attached to an aromatic ring is 1. The molecule has 0 aliphatic carbocycles. The SMILES string of the molecule is CC1OCCC1(C)Nc1ncc(N)cc1C#N. The first-order chi connectivity index (χ1) is 8.05. The molecule has 5 nitrogen and oxygen atoms in total. The Morgan fingerprint density at radius 3 is 3.06 bits per heavy atom. The highest BCUT2D eigenvalue weighted by Crippen LogP contribution is 2.30. The van der Waals surface area contributed by atoms with Gasteiger partial charge in [-0.2, -0.15) is 5.26 Å². The Hall–Kier alpha value is -1.80. The number of hydrogen-bond donors (Lipinski definition) is 2. The number of rotatable bonds is 2. The van der Waals surface area contributed by atoms with Gasteiger partial charge in [0.15, 0.2) is 0 Å². The van der Waals surface area contributed by atoms with E-state index >= 15 is 0 Å². The Kier molecular flexibility index (Phi) is 2.90.